The Bertz CT molecular complexity index is 1020. The Balaban J connectivity index is 2.40. The second-order valence-corrected chi connectivity index (χ2v) is 6.51. The predicted molar refractivity (Wildman–Crippen MR) is 107 cm³/mol. The predicted octanol–water partition coefficient (Wildman–Crippen LogP) is 4.66. The number of aryl methyl sites for hydroxylation is 3. The molecule has 0 bridgehead atoms. The zero-order valence-electron chi connectivity index (χ0n) is 16.7. The van der Waals surface area contributed by atoms with Gasteiger partial charge >= 0.3 is 5.97 Å². The molecule has 142 valence electrons. The largest absolute Gasteiger partial charge is 0.493 e. The SMILES string of the molecule is CCOC(=O)c1c(C)cc2c(cc(C)n2C)c1-c1ccc(OC)c(OC)c1. The summed E-state index contributed by atoms with van der Waals surface area (Å²) in [6.45, 7) is 6.14. The number of benzene rings is 2. The van der Waals surface area contributed by atoms with Crippen LogP contribution in [-0.4, -0.2) is 31.4 Å². The van der Waals surface area contributed by atoms with Gasteiger partial charge in [-0.3, -0.25) is 0 Å². The first-order valence-electron chi connectivity index (χ1n) is 8.92. The summed E-state index contributed by atoms with van der Waals surface area (Å²) in [5.41, 5.74) is 5.40. The maximum Gasteiger partial charge on any atom is 0.339 e. The molecular formula is C22H25NO4. The van der Waals surface area contributed by atoms with Crippen LogP contribution in [-0.2, 0) is 11.8 Å². The number of ether oxygens (including phenoxy) is 3. The van der Waals surface area contributed by atoms with Gasteiger partial charge in [0.15, 0.2) is 11.5 Å². The molecule has 0 aliphatic rings. The fourth-order valence-electron chi connectivity index (χ4n) is 3.49. The molecular weight excluding hydrogens is 342 g/mol. The van der Waals surface area contributed by atoms with Gasteiger partial charge in [0.05, 0.1) is 26.4 Å². The minimum absolute atomic E-state index is 0.316. The number of rotatable bonds is 5. The van der Waals surface area contributed by atoms with E-state index in [-0.39, 0.29) is 5.97 Å². The third kappa shape index (κ3) is 3.14. The fraction of sp³-hybridized carbons (Fsp3) is 0.318. The van der Waals surface area contributed by atoms with Gasteiger partial charge in [-0.25, -0.2) is 4.79 Å². The maximum absolute atomic E-state index is 12.8. The smallest absolute Gasteiger partial charge is 0.339 e. The van der Waals surface area contributed by atoms with Gasteiger partial charge in [0.2, 0.25) is 0 Å². The average molecular weight is 367 g/mol. The van der Waals surface area contributed by atoms with Crippen LogP contribution in [0.4, 0.5) is 0 Å². The molecule has 1 aromatic heterocycles. The molecule has 0 radical (unpaired) electrons. The lowest BCUT2D eigenvalue weighted by atomic mass is 9.92. The van der Waals surface area contributed by atoms with E-state index in [4.69, 9.17) is 14.2 Å². The van der Waals surface area contributed by atoms with Gasteiger partial charge in [0.25, 0.3) is 0 Å². The number of aromatic nitrogens is 1. The van der Waals surface area contributed by atoms with E-state index in [1.807, 2.05) is 45.2 Å². The van der Waals surface area contributed by atoms with Crippen LogP contribution in [0.5, 0.6) is 11.5 Å². The summed E-state index contributed by atoms with van der Waals surface area (Å²) in [6.07, 6.45) is 0. The third-order valence-electron chi connectivity index (χ3n) is 4.94. The fourth-order valence-corrected chi connectivity index (χ4v) is 3.49. The van der Waals surface area contributed by atoms with Crippen molar-refractivity contribution in [1.82, 2.24) is 4.57 Å². The molecule has 0 saturated heterocycles. The second kappa shape index (κ2) is 7.35. The normalized spacial score (nSPS) is 10.9. The number of hydrogen-bond acceptors (Lipinski definition) is 4. The van der Waals surface area contributed by atoms with Crippen molar-refractivity contribution < 1.29 is 19.0 Å². The Hall–Kier alpha value is -2.95. The molecule has 5 heteroatoms. The van der Waals surface area contributed by atoms with E-state index < -0.39 is 0 Å². The number of nitrogens with zero attached hydrogens (tertiary/aromatic N) is 1. The van der Waals surface area contributed by atoms with Crippen molar-refractivity contribution in [3.63, 3.8) is 0 Å². The number of esters is 1. The van der Waals surface area contributed by atoms with Gasteiger partial charge in [0.1, 0.15) is 0 Å². The Labute approximate surface area is 159 Å². The molecule has 0 aliphatic heterocycles. The van der Waals surface area contributed by atoms with E-state index >= 15 is 0 Å². The first-order valence-corrected chi connectivity index (χ1v) is 8.92. The van der Waals surface area contributed by atoms with Crippen LogP contribution in [0.3, 0.4) is 0 Å². The molecule has 3 rings (SSSR count). The topological polar surface area (TPSA) is 49.7 Å². The molecule has 0 unspecified atom stereocenters. The van der Waals surface area contributed by atoms with E-state index in [1.54, 1.807) is 14.2 Å². The van der Waals surface area contributed by atoms with Crippen LogP contribution in [0.2, 0.25) is 0 Å². The number of methoxy groups -OCH3 is 2. The summed E-state index contributed by atoms with van der Waals surface area (Å²) >= 11 is 0. The molecule has 0 aliphatic carbocycles. The van der Waals surface area contributed by atoms with E-state index in [0.717, 1.165) is 33.3 Å². The summed E-state index contributed by atoms with van der Waals surface area (Å²) in [7, 11) is 5.24. The molecule has 0 saturated carbocycles. The van der Waals surface area contributed by atoms with Crippen molar-refractivity contribution in [2.24, 2.45) is 7.05 Å². The quantitative estimate of drug-likeness (QED) is 0.616. The Morgan fingerprint density at radius 2 is 1.74 bits per heavy atom. The van der Waals surface area contributed by atoms with Crippen LogP contribution in [0.1, 0.15) is 28.5 Å². The number of carbonyl (C=O) groups excluding carboxylic acids is 1. The van der Waals surface area contributed by atoms with Crippen molar-refractivity contribution >= 4 is 16.9 Å². The first-order chi connectivity index (χ1) is 12.9. The molecule has 0 N–H and O–H groups in total. The van der Waals surface area contributed by atoms with Crippen LogP contribution in [0.25, 0.3) is 22.0 Å². The van der Waals surface area contributed by atoms with E-state index in [2.05, 4.69) is 17.6 Å². The highest BCUT2D eigenvalue weighted by Gasteiger charge is 2.23. The molecule has 5 nitrogen and oxygen atoms in total. The summed E-state index contributed by atoms with van der Waals surface area (Å²) in [5, 5.41) is 1.01. The standard InChI is InChI=1S/C22H25NO4/c1-7-27-22(24)20-13(2)10-17-16(11-14(3)23(17)4)21(20)15-8-9-18(25-5)19(12-15)26-6/h8-12H,7H2,1-6H3. The van der Waals surface area contributed by atoms with Crippen molar-refractivity contribution in [3.05, 3.63) is 47.2 Å². The highest BCUT2D eigenvalue weighted by atomic mass is 16.5. The number of fused-ring (bicyclic) bond motifs is 1. The van der Waals surface area contributed by atoms with Crippen LogP contribution in [0.15, 0.2) is 30.3 Å². The van der Waals surface area contributed by atoms with Gasteiger partial charge in [-0.15, -0.1) is 0 Å². The van der Waals surface area contributed by atoms with Crippen molar-refractivity contribution in [2.75, 3.05) is 20.8 Å². The second-order valence-electron chi connectivity index (χ2n) is 6.51. The first kappa shape index (κ1) is 18.8. The Kier molecular flexibility index (Phi) is 5.13. The highest BCUT2D eigenvalue weighted by molar-refractivity contribution is 6.09. The molecule has 0 amide bonds. The third-order valence-corrected chi connectivity index (χ3v) is 4.94. The van der Waals surface area contributed by atoms with Crippen molar-refractivity contribution in [2.45, 2.75) is 20.8 Å². The number of carbonyl (C=O) groups is 1. The minimum Gasteiger partial charge on any atom is -0.493 e. The molecule has 0 atom stereocenters. The van der Waals surface area contributed by atoms with Crippen LogP contribution < -0.4 is 9.47 Å². The summed E-state index contributed by atoms with van der Waals surface area (Å²) < 4.78 is 18.3. The highest BCUT2D eigenvalue weighted by Crippen LogP contribution is 2.40. The zero-order valence-corrected chi connectivity index (χ0v) is 16.7. The molecule has 27 heavy (non-hydrogen) atoms. The van der Waals surface area contributed by atoms with Crippen LogP contribution >= 0.6 is 0 Å². The molecule has 0 fully saturated rings. The maximum atomic E-state index is 12.8. The molecule has 3 aromatic rings. The summed E-state index contributed by atoms with van der Waals surface area (Å²) in [6, 6.07) is 9.84. The monoisotopic (exact) mass is 367 g/mol. The average Bonchev–Trinajstić information content (AvgIpc) is 2.94. The van der Waals surface area contributed by atoms with E-state index in [9.17, 15) is 4.79 Å². The molecule has 1 heterocycles. The van der Waals surface area contributed by atoms with Gasteiger partial charge in [-0.1, -0.05) is 6.07 Å². The van der Waals surface area contributed by atoms with Gasteiger partial charge in [0, 0.05) is 29.2 Å². The zero-order chi connectivity index (χ0) is 19.7. The Morgan fingerprint density at radius 3 is 2.37 bits per heavy atom. The molecule has 2 aromatic carbocycles. The Morgan fingerprint density at radius 1 is 1.04 bits per heavy atom. The molecule has 0 spiro atoms. The summed E-state index contributed by atoms with van der Waals surface area (Å²) in [4.78, 5) is 12.8. The number of hydrogen-bond donors (Lipinski definition) is 0. The van der Waals surface area contributed by atoms with Gasteiger partial charge < -0.3 is 18.8 Å². The van der Waals surface area contributed by atoms with E-state index in [0.29, 0.717) is 23.7 Å². The summed E-state index contributed by atoms with van der Waals surface area (Å²) in [5.74, 6) is 0.947. The minimum atomic E-state index is -0.316. The van der Waals surface area contributed by atoms with E-state index in [1.165, 1.54) is 0 Å². The lowest BCUT2D eigenvalue weighted by Gasteiger charge is -2.16. The van der Waals surface area contributed by atoms with Crippen molar-refractivity contribution in [1.29, 1.82) is 0 Å². The van der Waals surface area contributed by atoms with Crippen molar-refractivity contribution in [3.8, 4) is 22.6 Å². The lowest BCUT2D eigenvalue weighted by Crippen LogP contribution is -2.09. The van der Waals surface area contributed by atoms with Crippen LogP contribution in [0, 0.1) is 13.8 Å². The lowest BCUT2D eigenvalue weighted by molar-refractivity contribution is 0.0526. The van der Waals surface area contributed by atoms with Gasteiger partial charge in [-0.2, -0.15) is 0 Å². The van der Waals surface area contributed by atoms with Gasteiger partial charge in [-0.05, 0) is 56.2 Å².